The van der Waals surface area contributed by atoms with Crippen LogP contribution >= 0.6 is 24.8 Å². The van der Waals surface area contributed by atoms with Gasteiger partial charge in [0.1, 0.15) is 0 Å². The Morgan fingerprint density at radius 3 is 2.62 bits per heavy atom. The van der Waals surface area contributed by atoms with Gasteiger partial charge in [-0.05, 0) is 24.5 Å². The average molecular weight is 372 g/mol. The van der Waals surface area contributed by atoms with Crippen molar-refractivity contribution in [3.8, 4) is 0 Å². The van der Waals surface area contributed by atoms with E-state index in [2.05, 4.69) is 10.3 Å². The average Bonchev–Trinajstić information content (AvgIpc) is 2.60. The van der Waals surface area contributed by atoms with Crippen LogP contribution < -0.4 is 11.1 Å². The van der Waals surface area contributed by atoms with Gasteiger partial charge in [0.05, 0.1) is 10.9 Å². The second kappa shape index (κ2) is 9.18. The number of hydrogen-bond donors (Lipinski definition) is 2. The molecule has 1 saturated heterocycles. The van der Waals surface area contributed by atoms with E-state index >= 15 is 0 Å². The molecule has 24 heavy (non-hydrogen) atoms. The van der Waals surface area contributed by atoms with Gasteiger partial charge in [-0.15, -0.1) is 24.8 Å². The van der Waals surface area contributed by atoms with Gasteiger partial charge in [0.2, 0.25) is 5.91 Å². The van der Waals surface area contributed by atoms with Crippen molar-refractivity contribution < 1.29 is 9.53 Å². The highest BCUT2D eigenvalue weighted by Crippen LogP contribution is 2.29. The first-order valence-corrected chi connectivity index (χ1v) is 7.64. The number of rotatable bonds is 4. The Balaban J connectivity index is 0.00000144. The molecule has 0 aliphatic carbocycles. The summed E-state index contributed by atoms with van der Waals surface area (Å²) in [6.45, 7) is 2.02. The van der Waals surface area contributed by atoms with E-state index in [1.54, 1.807) is 6.20 Å². The molecule has 0 spiro atoms. The number of hydrogen-bond acceptors (Lipinski definition) is 4. The Kier molecular flexibility index (Phi) is 7.90. The van der Waals surface area contributed by atoms with E-state index in [1.165, 1.54) is 0 Å². The quantitative estimate of drug-likeness (QED) is 0.864. The smallest absolute Gasteiger partial charge is 0.227 e. The van der Waals surface area contributed by atoms with Crippen molar-refractivity contribution in [2.45, 2.75) is 19.4 Å². The minimum absolute atomic E-state index is 0. The Labute approximate surface area is 154 Å². The van der Waals surface area contributed by atoms with Gasteiger partial charge in [0, 0.05) is 37.9 Å². The topological polar surface area (TPSA) is 77.2 Å². The maximum Gasteiger partial charge on any atom is 0.227 e. The molecule has 2 aromatic rings. The SMILES string of the molecule is Cl.Cl.NCC1(C(=O)NCc2cccc3cccnc23)CCOCC1. The number of carbonyl (C=O) groups is 1. The number of benzene rings is 1. The van der Waals surface area contributed by atoms with Crippen LogP contribution in [-0.2, 0) is 16.1 Å². The molecule has 2 heterocycles. The molecule has 0 bridgehead atoms. The Bertz CT molecular complexity index is 670. The molecule has 1 fully saturated rings. The Hall–Kier alpha value is -1.40. The number of carbonyl (C=O) groups excluding carboxylic acids is 1. The lowest BCUT2D eigenvalue weighted by atomic mass is 9.79. The van der Waals surface area contributed by atoms with Crippen molar-refractivity contribution in [1.29, 1.82) is 0 Å². The lowest BCUT2D eigenvalue weighted by Crippen LogP contribution is -2.49. The lowest BCUT2D eigenvalue weighted by Gasteiger charge is -2.34. The molecule has 1 amide bonds. The maximum atomic E-state index is 12.6. The number of amides is 1. The molecule has 0 saturated carbocycles. The van der Waals surface area contributed by atoms with Gasteiger partial charge in [-0.25, -0.2) is 0 Å². The monoisotopic (exact) mass is 371 g/mol. The van der Waals surface area contributed by atoms with Crippen LogP contribution in [0.3, 0.4) is 0 Å². The van der Waals surface area contributed by atoms with E-state index in [4.69, 9.17) is 10.5 Å². The first-order chi connectivity index (χ1) is 10.7. The van der Waals surface area contributed by atoms with Crippen molar-refractivity contribution in [3.63, 3.8) is 0 Å². The van der Waals surface area contributed by atoms with Gasteiger partial charge in [0.25, 0.3) is 0 Å². The third kappa shape index (κ3) is 4.16. The fourth-order valence-electron chi connectivity index (χ4n) is 2.96. The van der Waals surface area contributed by atoms with E-state index in [0.717, 1.165) is 16.5 Å². The van der Waals surface area contributed by atoms with E-state index in [1.807, 2.05) is 30.3 Å². The van der Waals surface area contributed by atoms with Crippen LogP contribution in [0.15, 0.2) is 36.5 Å². The Morgan fingerprint density at radius 1 is 1.21 bits per heavy atom. The van der Waals surface area contributed by atoms with Crippen LogP contribution in [0.4, 0.5) is 0 Å². The largest absolute Gasteiger partial charge is 0.381 e. The van der Waals surface area contributed by atoms with Crippen LogP contribution in [0.2, 0.25) is 0 Å². The zero-order chi connectivity index (χ0) is 15.4. The highest BCUT2D eigenvalue weighted by atomic mass is 35.5. The summed E-state index contributed by atoms with van der Waals surface area (Å²) in [5.74, 6) is 0.0197. The van der Waals surface area contributed by atoms with Crippen molar-refractivity contribution in [3.05, 3.63) is 42.1 Å². The van der Waals surface area contributed by atoms with E-state index in [9.17, 15) is 4.79 Å². The number of pyridine rings is 1. The number of nitrogens with two attached hydrogens (primary N) is 1. The second-order valence-corrected chi connectivity index (χ2v) is 5.77. The summed E-state index contributed by atoms with van der Waals surface area (Å²) in [6.07, 6.45) is 3.14. The van der Waals surface area contributed by atoms with Crippen molar-refractivity contribution in [2.75, 3.05) is 19.8 Å². The van der Waals surface area contributed by atoms with Crippen molar-refractivity contribution in [2.24, 2.45) is 11.1 Å². The third-order valence-electron chi connectivity index (χ3n) is 4.48. The number of fused-ring (bicyclic) bond motifs is 1. The van der Waals surface area contributed by atoms with Gasteiger partial charge < -0.3 is 15.8 Å². The maximum absolute atomic E-state index is 12.6. The zero-order valence-electron chi connectivity index (χ0n) is 13.4. The normalized spacial score (nSPS) is 15.9. The van der Waals surface area contributed by atoms with Gasteiger partial charge in [-0.3, -0.25) is 9.78 Å². The van der Waals surface area contributed by atoms with Crippen LogP contribution in [0.1, 0.15) is 18.4 Å². The summed E-state index contributed by atoms with van der Waals surface area (Å²) in [6, 6.07) is 9.94. The molecule has 0 unspecified atom stereocenters. The van der Waals surface area contributed by atoms with Crippen LogP contribution in [0.5, 0.6) is 0 Å². The molecule has 1 aromatic carbocycles. The van der Waals surface area contributed by atoms with Crippen molar-refractivity contribution in [1.82, 2.24) is 10.3 Å². The van der Waals surface area contributed by atoms with Crippen LogP contribution in [0, 0.1) is 5.41 Å². The lowest BCUT2D eigenvalue weighted by molar-refractivity contribution is -0.136. The van der Waals surface area contributed by atoms with E-state index in [-0.39, 0.29) is 30.7 Å². The Morgan fingerprint density at radius 2 is 1.92 bits per heavy atom. The summed E-state index contributed by atoms with van der Waals surface area (Å²) in [4.78, 5) is 17.0. The van der Waals surface area contributed by atoms with Gasteiger partial charge in [-0.2, -0.15) is 0 Å². The second-order valence-electron chi connectivity index (χ2n) is 5.77. The molecule has 0 atom stereocenters. The molecule has 3 N–H and O–H groups in total. The number of nitrogens with zero attached hydrogens (tertiary/aromatic N) is 1. The van der Waals surface area contributed by atoms with Crippen LogP contribution in [-0.4, -0.2) is 30.6 Å². The first-order valence-electron chi connectivity index (χ1n) is 7.64. The minimum Gasteiger partial charge on any atom is -0.381 e. The number of nitrogens with one attached hydrogen (secondary N) is 1. The molecule has 1 aliphatic rings. The first kappa shape index (κ1) is 20.6. The van der Waals surface area contributed by atoms with E-state index < -0.39 is 5.41 Å². The molecule has 1 aromatic heterocycles. The fourth-order valence-corrected chi connectivity index (χ4v) is 2.96. The molecule has 132 valence electrons. The molecule has 1 aliphatic heterocycles. The molecular formula is C17H23Cl2N3O2. The van der Waals surface area contributed by atoms with Crippen molar-refractivity contribution >= 4 is 41.6 Å². The number of para-hydroxylation sites is 1. The van der Waals surface area contributed by atoms with Crippen LogP contribution in [0.25, 0.3) is 10.9 Å². The molecule has 7 heteroatoms. The fraction of sp³-hybridized carbons (Fsp3) is 0.412. The zero-order valence-corrected chi connectivity index (χ0v) is 15.0. The summed E-state index contributed by atoms with van der Waals surface area (Å²) >= 11 is 0. The highest BCUT2D eigenvalue weighted by molar-refractivity contribution is 5.86. The van der Waals surface area contributed by atoms with Gasteiger partial charge in [-0.1, -0.05) is 24.3 Å². The predicted octanol–water partition coefficient (Wildman–Crippen LogP) is 2.45. The number of ether oxygens (including phenoxy) is 1. The molecule has 0 radical (unpaired) electrons. The summed E-state index contributed by atoms with van der Waals surface area (Å²) in [7, 11) is 0. The molecule has 5 nitrogen and oxygen atoms in total. The van der Waals surface area contributed by atoms with Gasteiger partial charge in [0.15, 0.2) is 0 Å². The van der Waals surface area contributed by atoms with E-state index in [0.29, 0.717) is 39.1 Å². The third-order valence-corrected chi connectivity index (χ3v) is 4.48. The predicted molar refractivity (Wildman–Crippen MR) is 99.6 cm³/mol. The number of halogens is 2. The van der Waals surface area contributed by atoms with Gasteiger partial charge >= 0.3 is 0 Å². The summed E-state index contributed by atoms with van der Waals surface area (Å²) in [5, 5.41) is 4.12. The molecular weight excluding hydrogens is 349 g/mol. The summed E-state index contributed by atoms with van der Waals surface area (Å²) in [5.41, 5.74) is 7.33. The highest BCUT2D eigenvalue weighted by Gasteiger charge is 2.38. The minimum atomic E-state index is -0.490. The summed E-state index contributed by atoms with van der Waals surface area (Å²) < 4.78 is 5.35. The number of aromatic nitrogens is 1. The standard InChI is InChI=1S/C17H21N3O2.2ClH/c18-12-17(6-9-22-10-7-17)16(21)20-11-14-4-1-3-13-5-2-8-19-15(13)14;;/h1-5,8H,6-7,9-12,18H2,(H,20,21);2*1H. The molecule has 3 rings (SSSR count).